The van der Waals surface area contributed by atoms with Gasteiger partial charge in [0.05, 0.1) is 12.6 Å². The molecule has 2 aromatic rings. The largest absolute Gasteiger partial charge is 0.392 e. The summed E-state index contributed by atoms with van der Waals surface area (Å²) in [6.45, 7) is 4.38. The zero-order valence-corrected chi connectivity index (χ0v) is 10.9. The van der Waals surface area contributed by atoms with E-state index in [0.717, 1.165) is 11.3 Å². The van der Waals surface area contributed by atoms with Crippen LogP contribution in [0.4, 0.5) is 5.69 Å². The molecule has 90 valence electrons. The van der Waals surface area contributed by atoms with Crippen LogP contribution in [-0.4, -0.2) is 5.11 Å². The molecule has 3 heteroatoms. The van der Waals surface area contributed by atoms with Gasteiger partial charge in [-0.05, 0) is 43.7 Å². The Morgan fingerprint density at radius 1 is 1.18 bits per heavy atom. The SMILES string of the molecule is Cc1ccc(C(C)Nc2ccc(CO)cc2)s1. The van der Waals surface area contributed by atoms with Crippen LogP contribution in [0.15, 0.2) is 36.4 Å². The molecule has 1 atom stereocenters. The van der Waals surface area contributed by atoms with Gasteiger partial charge in [0.15, 0.2) is 0 Å². The summed E-state index contributed by atoms with van der Waals surface area (Å²) in [5, 5.41) is 12.4. The number of aliphatic hydroxyl groups is 1. The molecule has 0 saturated carbocycles. The number of hydrogen-bond donors (Lipinski definition) is 2. The van der Waals surface area contributed by atoms with Gasteiger partial charge in [-0.25, -0.2) is 0 Å². The third-order valence-corrected chi connectivity index (χ3v) is 3.89. The van der Waals surface area contributed by atoms with Crippen LogP contribution in [0.3, 0.4) is 0 Å². The Balaban J connectivity index is 2.04. The van der Waals surface area contributed by atoms with Crippen molar-refractivity contribution in [1.82, 2.24) is 0 Å². The van der Waals surface area contributed by atoms with Gasteiger partial charge in [0.25, 0.3) is 0 Å². The molecule has 0 saturated heterocycles. The highest BCUT2D eigenvalue weighted by Crippen LogP contribution is 2.25. The fraction of sp³-hybridized carbons (Fsp3) is 0.286. The topological polar surface area (TPSA) is 32.3 Å². The Hall–Kier alpha value is -1.32. The number of rotatable bonds is 4. The molecule has 0 spiro atoms. The van der Waals surface area contributed by atoms with Crippen LogP contribution in [0, 0.1) is 6.92 Å². The van der Waals surface area contributed by atoms with Gasteiger partial charge in [-0.15, -0.1) is 11.3 Å². The summed E-state index contributed by atoms with van der Waals surface area (Å²) in [7, 11) is 0. The van der Waals surface area contributed by atoms with E-state index in [1.165, 1.54) is 9.75 Å². The normalized spacial score (nSPS) is 12.4. The summed E-state index contributed by atoms with van der Waals surface area (Å²) in [6.07, 6.45) is 0. The van der Waals surface area contributed by atoms with Crippen molar-refractivity contribution in [3.05, 3.63) is 51.7 Å². The second-order valence-corrected chi connectivity index (χ2v) is 5.49. The van der Waals surface area contributed by atoms with Crippen molar-refractivity contribution < 1.29 is 5.11 Å². The molecular formula is C14H17NOS. The van der Waals surface area contributed by atoms with Crippen LogP contribution in [-0.2, 0) is 6.61 Å². The van der Waals surface area contributed by atoms with Crippen molar-refractivity contribution in [2.45, 2.75) is 26.5 Å². The van der Waals surface area contributed by atoms with Gasteiger partial charge in [-0.3, -0.25) is 0 Å². The van der Waals surface area contributed by atoms with Crippen LogP contribution < -0.4 is 5.32 Å². The first-order valence-electron chi connectivity index (χ1n) is 5.71. The molecule has 1 heterocycles. The molecule has 2 N–H and O–H groups in total. The molecule has 0 bridgehead atoms. The average Bonchev–Trinajstić information content (AvgIpc) is 2.77. The molecule has 0 aliphatic carbocycles. The van der Waals surface area contributed by atoms with Crippen molar-refractivity contribution >= 4 is 17.0 Å². The van der Waals surface area contributed by atoms with Crippen LogP contribution in [0.2, 0.25) is 0 Å². The first-order valence-corrected chi connectivity index (χ1v) is 6.53. The summed E-state index contributed by atoms with van der Waals surface area (Å²) in [6, 6.07) is 12.5. The minimum absolute atomic E-state index is 0.0972. The number of thiophene rings is 1. The van der Waals surface area contributed by atoms with Crippen LogP contribution in [0.1, 0.15) is 28.3 Å². The maximum atomic E-state index is 8.97. The van der Waals surface area contributed by atoms with E-state index in [4.69, 9.17) is 5.11 Å². The van der Waals surface area contributed by atoms with E-state index >= 15 is 0 Å². The smallest absolute Gasteiger partial charge is 0.0681 e. The van der Waals surface area contributed by atoms with E-state index < -0.39 is 0 Å². The highest BCUT2D eigenvalue weighted by atomic mass is 32.1. The lowest BCUT2D eigenvalue weighted by Gasteiger charge is -2.13. The average molecular weight is 247 g/mol. The Morgan fingerprint density at radius 3 is 2.41 bits per heavy atom. The summed E-state index contributed by atoms with van der Waals surface area (Å²) in [5.74, 6) is 0. The molecule has 0 aliphatic rings. The molecule has 1 unspecified atom stereocenters. The summed E-state index contributed by atoms with van der Waals surface area (Å²) in [5.41, 5.74) is 2.02. The van der Waals surface area contributed by atoms with Crippen molar-refractivity contribution in [3.63, 3.8) is 0 Å². The minimum Gasteiger partial charge on any atom is -0.392 e. The van der Waals surface area contributed by atoms with Gasteiger partial charge in [0.1, 0.15) is 0 Å². The number of aryl methyl sites for hydroxylation is 1. The molecule has 0 amide bonds. The standard InChI is InChI=1S/C14H17NOS/c1-10-3-8-14(17-10)11(2)15-13-6-4-12(9-16)5-7-13/h3-8,11,15-16H,9H2,1-2H3. The molecule has 17 heavy (non-hydrogen) atoms. The van der Waals surface area contributed by atoms with E-state index in [0.29, 0.717) is 6.04 Å². The van der Waals surface area contributed by atoms with Crippen molar-refractivity contribution in [2.24, 2.45) is 0 Å². The van der Waals surface area contributed by atoms with Gasteiger partial charge in [-0.1, -0.05) is 12.1 Å². The molecule has 1 aromatic carbocycles. The van der Waals surface area contributed by atoms with Crippen LogP contribution >= 0.6 is 11.3 Å². The Kier molecular flexibility index (Phi) is 3.82. The van der Waals surface area contributed by atoms with Gasteiger partial charge in [-0.2, -0.15) is 0 Å². The predicted molar refractivity (Wildman–Crippen MR) is 73.5 cm³/mol. The lowest BCUT2D eigenvalue weighted by Crippen LogP contribution is -2.04. The molecule has 2 rings (SSSR count). The third kappa shape index (κ3) is 3.08. The highest BCUT2D eigenvalue weighted by Gasteiger charge is 2.07. The summed E-state index contributed by atoms with van der Waals surface area (Å²) < 4.78 is 0. The molecule has 2 nitrogen and oxygen atoms in total. The van der Waals surface area contributed by atoms with E-state index in [1.54, 1.807) is 0 Å². The maximum Gasteiger partial charge on any atom is 0.0681 e. The van der Waals surface area contributed by atoms with Crippen molar-refractivity contribution in [3.8, 4) is 0 Å². The van der Waals surface area contributed by atoms with Gasteiger partial charge in [0.2, 0.25) is 0 Å². The Labute approximate surface area is 106 Å². The van der Waals surface area contributed by atoms with Gasteiger partial charge < -0.3 is 10.4 Å². The van der Waals surface area contributed by atoms with Crippen LogP contribution in [0.25, 0.3) is 0 Å². The van der Waals surface area contributed by atoms with Gasteiger partial charge >= 0.3 is 0 Å². The Bertz CT molecular complexity index is 475. The zero-order chi connectivity index (χ0) is 12.3. The molecule has 1 aromatic heterocycles. The van der Waals surface area contributed by atoms with Gasteiger partial charge in [0, 0.05) is 15.4 Å². The summed E-state index contributed by atoms with van der Waals surface area (Å²) >= 11 is 1.82. The first-order chi connectivity index (χ1) is 8.19. The lowest BCUT2D eigenvalue weighted by molar-refractivity contribution is 0.282. The first kappa shape index (κ1) is 12.1. The zero-order valence-electron chi connectivity index (χ0n) is 10.1. The lowest BCUT2D eigenvalue weighted by atomic mass is 10.2. The van der Waals surface area contributed by atoms with Crippen LogP contribution in [0.5, 0.6) is 0 Å². The second-order valence-electron chi connectivity index (χ2n) is 4.17. The maximum absolute atomic E-state index is 8.97. The number of benzene rings is 1. The quantitative estimate of drug-likeness (QED) is 0.863. The highest BCUT2D eigenvalue weighted by molar-refractivity contribution is 7.12. The fourth-order valence-corrected chi connectivity index (χ4v) is 2.59. The predicted octanol–water partition coefficient (Wildman–Crippen LogP) is 3.72. The molecular weight excluding hydrogens is 230 g/mol. The van der Waals surface area contributed by atoms with E-state index in [1.807, 2.05) is 35.6 Å². The van der Waals surface area contributed by atoms with E-state index in [2.05, 4.69) is 31.3 Å². The fourth-order valence-electron chi connectivity index (χ4n) is 1.71. The number of hydrogen-bond acceptors (Lipinski definition) is 3. The Morgan fingerprint density at radius 2 is 1.88 bits per heavy atom. The minimum atomic E-state index is 0.0972. The second kappa shape index (κ2) is 5.34. The van der Waals surface area contributed by atoms with Crippen molar-refractivity contribution in [2.75, 3.05) is 5.32 Å². The molecule has 0 radical (unpaired) electrons. The van der Waals surface area contributed by atoms with E-state index in [-0.39, 0.29) is 6.61 Å². The molecule has 0 aliphatic heterocycles. The number of aliphatic hydroxyl groups excluding tert-OH is 1. The monoisotopic (exact) mass is 247 g/mol. The third-order valence-electron chi connectivity index (χ3n) is 2.71. The number of anilines is 1. The summed E-state index contributed by atoms with van der Waals surface area (Å²) in [4.78, 5) is 2.68. The molecule has 0 fully saturated rings. The number of nitrogens with one attached hydrogen (secondary N) is 1. The van der Waals surface area contributed by atoms with Crippen molar-refractivity contribution in [1.29, 1.82) is 0 Å². The van der Waals surface area contributed by atoms with E-state index in [9.17, 15) is 0 Å².